The Balaban J connectivity index is 2.23. The van der Waals surface area contributed by atoms with Gasteiger partial charge in [-0.1, -0.05) is 36.4 Å². The van der Waals surface area contributed by atoms with Gasteiger partial charge in [-0.2, -0.15) is 0 Å². The number of carboxylic acids is 1. The second kappa shape index (κ2) is 7.19. The number of carboxylic acid groups (broad SMARTS) is 1. The van der Waals surface area contributed by atoms with Crippen molar-refractivity contribution >= 4 is 29.1 Å². The first-order valence-corrected chi connectivity index (χ1v) is 8.73. The summed E-state index contributed by atoms with van der Waals surface area (Å²) in [5, 5.41) is 9.92. The Bertz CT molecular complexity index is 983. The minimum Gasteiger partial charge on any atom is -0.479 e. The van der Waals surface area contributed by atoms with Crippen LogP contribution >= 0.6 is 0 Å². The average molecular weight is 380 g/mol. The average Bonchev–Trinajstić information content (AvgIpc) is 2.89. The van der Waals surface area contributed by atoms with Crippen molar-refractivity contribution in [1.29, 1.82) is 0 Å². The van der Waals surface area contributed by atoms with Crippen LogP contribution < -0.4 is 10.6 Å². The summed E-state index contributed by atoms with van der Waals surface area (Å²) in [4.78, 5) is 39.0. The minimum atomic E-state index is -1.80. The molecule has 0 radical (unpaired) electrons. The third-order valence-electron chi connectivity index (χ3n) is 4.78. The van der Waals surface area contributed by atoms with Gasteiger partial charge in [0.2, 0.25) is 0 Å². The molecule has 0 saturated carbocycles. The van der Waals surface area contributed by atoms with Gasteiger partial charge in [-0.05, 0) is 32.0 Å². The summed E-state index contributed by atoms with van der Waals surface area (Å²) in [5.74, 6) is -2.47. The van der Waals surface area contributed by atoms with Gasteiger partial charge >= 0.3 is 11.9 Å². The molecule has 1 unspecified atom stereocenters. The Morgan fingerprint density at radius 3 is 2.32 bits per heavy atom. The first-order valence-electron chi connectivity index (χ1n) is 8.73. The number of hydrogen-bond donors (Lipinski definition) is 2. The van der Waals surface area contributed by atoms with Crippen LogP contribution in [-0.4, -0.2) is 35.1 Å². The summed E-state index contributed by atoms with van der Waals surface area (Å²) in [5.41, 5.74) is 5.08. The number of nitrogens with zero attached hydrogens (tertiary/aromatic N) is 1. The van der Waals surface area contributed by atoms with Crippen molar-refractivity contribution in [2.75, 3.05) is 11.5 Å². The zero-order chi connectivity index (χ0) is 20.5. The minimum absolute atomic E-state index is 0.0163. The molecular formula is C21H20N2O5. The molecule has 1 amide bonds. The number of benzene rings is 2. The van der Waals surface area contributed by atoms with Gasteiger partial charge < -0.3 is 15.6 Å². The molecule has 7 heteroatoms. The Hall–Kier alpha value is -3.61. The highest BCUT2D eigenvalue weighted by Gasteiger charge is 2.54. The lowest BCUT2D eigenvalue weighted by Crippen LogP contribution is -2.53. The third-order valence-corrected chi connectivity index (χ3v) is 4.78. The highest BCUT2D eigenvalue weighted by Crippen LogP contribution is 2.41. The molecule has 1 aliphatic heterocycles. The molecule has 7 nitrogen and oxygen atoms in total. The molecule has 0 aliphatic carbocycles. The standard InChI is InChI=1S/C21H20N2O5/c1-3-28-19(25)15-12-8-7-11-14(15)16-17(22)21(2,20(26)27)23(18(16)24)13-9-5-4-6-10-13/h4-12H,3,22H2,1-2H3,(H,26,27). The summed E-state index contributed by atoms with van der Waals surface area (Å²) >= 11 is 0. The number of carbonyl (C=O) groups excluding carboxylic acids is 2. The molecule has 28 heavy (non-hydrogen) atoms. The van der Waals surface area contributed by atoms with Gasteiger partial charge in [-0.15, -0.1) is 0 Å². The van der Waals surface area contributed by atoms with E-state index in [1.54, 1.807) is 55.5 Å². The van der Waals surface area contributed by atoms with Crippen molar-refractivity contribution in [3.8, 4) is 0 Å². The zero-order valence-corrected chi connectivity index (χ0v) is 15.5. The van der Waals surface area contributed by atoms with Crippen molar-refractivity contribution in [1.82, 2.24) is 0 Å². The van der Waals surface area contributed by atoms with E-state index in [0.717, 1.165) is 4.90 Å². The quantitative estimate of drug-likeness (QED) is 0.771. The Morgan fingerprint density at radius 1 is 1.11 bits per heavy atom. The fourth-order valence-electron chi connectivity index (χ4n) is 3.31. The highest BCUT2D eigenvalue weighted by molar-refractivity contribution is 6.34. The fourth-order valence-corrected chi connectivity index (χ4v) is 3.31. The van der Waals surface area contributed by atoms with Crippen molar-refractivity contribution in [3.05, 3.63) is 71.4 Å². The van der Waals surface area contributed by atoms with E-state index < -0.39 is 23.4 Å². The van der Waals surface area contributed by atoms with E-state index in [9.17, 15) is 19.5 Å². The van der Waals surface area contributed by atoms with E-state index in [2.05, 4.69) is 0 Å². The molecule has 0 fully saturated rings. The second-order valence-corrected chi connectivity index (χ2v) is 6.41. The van der Waals surface area contributed by atoms with Crippen LogP contribution in [0, 0.1) is 0 Å². The summed E-state index contributed by atoms with van der Waals surface area (Å²) in [6.07, 6.45) is 0. The molecule has 1 atom stereocenters. The fraction of sp³-hybridized carbons (Fsp3) is 0.190. The van der Waals surface area contributed by atoms with E-state index in [-0.39, 0.29) is 29.0 Å². The van der Waals surface area contributed by atoms with E-state index in [1.807, 2.05) is 0 Å². The molecule has 0 saturated heterocycles. The van der Waals surface area contributed by atoms with Gasteiger partial charge in [0.1, 0.15) is 0 Å². The molecule has 144 valence electrons. The van der Waals surface area contributed by atoms with Crippen LogP contribution in [0.4, 0.5) is 5.69 Å². The van der Waals surface area contributed by atoms with E-state index >= 15 is 0 Å². The van der Waals surface area contributed by atoms with Gasteiger partial charge in [-0.25, -0.2) is 9.59 Å². The van der Waals surface area contributed by atoms with Crippen LogP contribution in [0.2, 0.25) is 0 Å². The van der Waals surface area contributed by atoms with E-state index in [4.69, 9.17) is 10.5 Å². The number of hydrogen-bond acceptors (Lipinski definition) is 5. The third kappa shape index (κ3) is 2.81. The number of ether oxygens (including phenoxy) is 1. The molecule has 2 aromatic carbocycles. The maximum absolute atomic E-state index is 13.3. The van der Waals surface area contributed by atoms with Crippen LogP contribution in [-0.2, 0) is 14.3 Å². The topological polar surface area (TPSA) is 110 Å². The molecule has 0 spiro atoms. The summed E-state index contributed by atoms with van der Waals surface area (Å²) < 4.78 is 5.07. The van der Waals surface area contributed by atoms with Gasteiger partial charge in [0.05, 0.1) is 23.4 Å². The molecule has 3 rings (SSSR count). The van der Waals surface area contributed by atoms with Crippen molar-refractivity contribution < 1.29 is 24.2 Å². The zero-order valence-electron chi connectivity index (χ0n) is 15.5. The maximum Gasteiger partial charge on any atom is 0.338 e. The Labute approximate surface area is 162 Å². The van der Waals surface area contributed by atoms with Crippen molar-refractivity contribution in [3.63, 3.8) is 0 Å². The van der Waals surface area contributed by atoms with Crippen LogP contribution in [0.5, 0.6) is 0 Å². The SMILES string of the molecule is CCOC(=O)c1ccccc1C1=C(N)C(C)(C(=O)O)N(c2ccccc2)C1=O. The lowest BCUT2D eigenvalue weighted by atomic mass is 9.93. The first kappa shape index (κ1) is 19.2. The Kier molecular flexibility index (Phi) is 4.92. The van der Waals surface area contributed by atoms with Crippen molar-refractivity contribution in [2.24, 2.45) is 5.73 Å². The molecular weight excluding hydrogens is 360 g/mol. The Morgan fingerprint density at radius 2 is 1.71 bits per heavy atom. The first-order chi connectivity index (χ1) is 13.3. The second-order valence-electron chi connectivity index (χ2n) is 6.41. The summed E-state index contributed by atoms with van der Waals surface area (Å²) in [7, 11) is 0. The molecule has 0 bridgehead atoms. The highest BCUT2D eigenvalue weighted by atomic mass is 16.5. The van der Waals surface area contributed by atoms with Crippen LogP contribution in [0.1, 0.15) is 29.8 Å². The number of aliphatic carboxylic acids is 1. The lowest BCUT2D eigenvalue weighted by Gasteiger charge is -2.32. The number of amides is 1. The van der Waals surface area contributed by atoms with Crippen molar-refractivity contribution in [2.45, 2.75) is 19.4 Å². The number of rotatable bonds is 5. The maximum atomic E-state index is 13.3. The normalized spacial score (nSPS) is 19.1. The number of esters is 1. The van der Waals surface area contributed by atoms with Gasteiger partial charge in [0.15, 0.2) is 5.54 Å². The van der Waals surface area contributed by atoms with Gasteiger partial charge in [0, 0.05) is 11.3 Å². The lowest BCUT2D eigenvalue weighted by molar-refractivity contribution is -0.142. The smallest absolute Gasteiger partial charge is 0.338 e. The van der Waals surface area contributed by atoms with E-state index in [0.29, 0.717) is 5.69 Å². The predicted octanol–water partition coefficient (Wildman–Crippen LogP) is 2.42. The number of anilines is 1. The molecule has 1 heterocycles. The number of nitrogens with two attached hydrogens (primary N) is 1. The predicted molar refractivity (Wildman–Crippen MR) is 103 cm³/mol. The van der Waals surface area contributed by atoms with Gasteiger partial charge in [-0.3, -0.25) is 9.69 Å². The summed E-state index contributed by atoms with van der Waals surface area (Å²) in [6.45, 7) is 3.21. The summed E-state index contributed by atoms with van der Waals surface area (Å²) in [6, 6.07) is 14.8. The number of carbonyl (C=O) groups is 3. The largest absolute Gasteiger partial charge is 0.479 e. The van der Waals surface area contributed by atoms with Crippen LogP contribution in [0.25, 0.3) is 5.57 Å². The molecule has 2 aromatic rings. The molecule has 0 aromatic heterocycles. The molecule has 1 aliphatic rings. The monoisotopic (exact) mass is 380 g/mol. The molecule has 3 N–H and O–H groups in total. The van der Waals surface area contributed by atoms with Gasteiger partial charge in [0.25, 0.3) is 5.91 Å². The van der Waals surface area contributed by atoms with E-state index in [1.165, 1.54) is 13.0 Å². The van der Waals surface area contributed by atoms with Crippen LogP contribution in [0.3, 0.4) is 0 Å². The van der Waals surface area contributed by atoms with Crippen LogP contribution in [0.15, 0.2) is 60.3 Å². The number of para-hydroxylation sites is 1.